The highest BCUT2D eigenvalue weighted by atomic mass is 35.5. The minimum Gasteiger partial charge on any atom is -0.490 e. The molecule has 0 radical (unpaired) electrons. The molecule has 0 spiro atoms. The molecule has 0 bridgehead atoms. The van der Waals surface area contributed by atoms with E-state index in [0.717, 1.165) is 11.8 Å². The molecule has 2 aromatic carbocycles. The molecule has 0 aliphatic rings. The Bertz CT molecular complexity index is 1270. The van der Waals surface area contributed by atoms with Gasteiger partial charge in [-0.3, -0.25) is 9.36 Å². The minimum atomic E-state index is -0.0468. The van der Waals surface area contributed by atoms with Gasteiger partial charge in [0.25, 0.3) is 11.8 Å². The van der Waals surface area contributed by atoms with E-state index in [1.54, 1.807) is 47.2 Å². The van der Waals surface area contributed by atoms with Gasteiger partial charge in [-0.05, 0) is 55.4 Å². The zero-order valence-corrected chi connectivity index (χ0v) is 16.3. The molecule has 2 heterocycles. The van der Waals surface area contributed by atoms with Gasteiger partial charge in [-0.15, -0.1) is 0 Å². The lowest BCUT2D eigenvalue weighted by molar-refractivity contribution is 0.112. The fraction of sp³-hybridized carbons (Fsp3) is 0.143. The largest absolute Gasteiger partial charge is 0.490 e. The number of nitriles is 1. The first-order valence-electron chi connectivity index (χ1n) is 8.81. The van der Waals surface area contributed by atoms with Gasteiger partial charge >= 0.3 is 0 Å². The van der Waals surface area contributed by atoms with Gasteiger partial charge in [0.15, 0.2) is 0 Å². The summed E-state index contributed by atoms with van der Waals surface area (Å²) in [6, 6.07) is 12.4. The van der Waals surface area contributed by atoms with Crippen LogP contribution < -0.4 is 4.74 Å². The molecular weight excluding hydrogens is 392 g/mol. The van der Waals surface area contributed by atoms with Gasteiger partial charge < -0.3 is 9.26 Å². The normalized spacial score (nSPS) is 11.0. The Balaban J connectivity index is 1.74. The summed E-state index contributed by atoms with van der Waals surface area (Å²) in [5.41, 5.74) is 2.25. The number of nitrogens with zero attached hydrogens (tertiary/aromatic N) is 4. The van der Waals surface area contributed by atoms with Gasteiger partial charge in [0, 0.05) is 22.7 Å². The number of hydrogen-bond acceptors (Lipinski definition) is 6. The van der Waals surface area contributed by atoms with Crippen molar-refractivity contribution in [3.63, 3.8) is 0 Å². The van der Waals surface area contributed by atoms with Crippen LogP contribution in [0.5, 0.6) is 5.75 Å². The summed E-state index contributed by atoms with van der Waals surface area (Å²) in [5.74, 6) is 1.05. The lowest BCUT2D eigenvalue weighted by Crippen LogP contribution is -2.06. The number of fused-ring (bicyclic) bond motifs is 1. The number of carbonyl (C=O) groups excluding carboxylic acids is 1. The molecule has 4 aromatic rings. The van der Waals surface area contributed by atoms with Gasteiger partial charge in [0.05, 0.1) is 22.2 Å². The number of aldehydes is 1. The first-order valence-corrected chi connectivity index (χ1v) is 9.19. The average Bonchev–Trinajstić information content (AvgIpc) is 3.32. The Hall–Kier alpha value is -3.63. The highest BCUT2D eigenvalue weighted by Crippen LogP contribution is 2.30. The van der Waals surface area contributed by atoms with E-state index in [2.05, 4.69) is 16.2 Å². The lowest BCUT2D eigenvalue weighted by Gasteiger charge is -2.11. The summed E-state index contributed by atoms with van der Waals surface area (Å²) in [5, 5.41) is 14.6. The summed E-state index contributed by atoms with van der Waals surface area (Å²) in [7, 11) is 0. The van der Waals surface area contributed by atoms with Crippen molar-refractivity contribution in [3.05, 3.63) is 58.7 Å². The summed E-state index contributed by atoms with van der Waals surface area (Å²) >= 11 is 6.31. The second-order valence-corrected chi connectivity index (χ2v) is 7.04. The molecule has 0 saturated heterocycles. The smallest absolute Gasteiger partial charge is 0.275 e. The Morgan fingerprint density at radius 2 is 2.10 bits per heavy atom. The van der Waals surface area contributed by atoms with Crippen molar-refractivity contribution < 1.29 is 14.1 Å². The molecule has 0 fully saturated rings. The zero-order valence-electron chi connectivity index (χ0n) is 15.6. The maximum atomic E-state index is 11.0. The van der Waals surface area contributed by atoms with Crippen molar-refractivity contribution in [2.45, 2.75) is 20.0 Å². The fourth-order valence-electron chi connectivity index (χ4n) is 2.98. The zero-order chi connectivity index (χ0) is 20.5. The molecule has 144 valence electrons. The molecule has 0 amide bonds. The standard InChI is InChI=1S/C21H15ClN4O3/c1-12(2)28-19-6-4-14(8-15(19)9-23)20-24-21(25-29-20)26-10-17(22)16-7-13(11-27)3-5-18(16)26/h3-8,10-12H,1-2H3. The molecule has 8 heteroatoms. The quantitative estimate of drug-likeness (QED) is 0.441. The van der Waals surface area contributed by atoms with E-state index in [1.165, 1.54) is 0 Å². The van der Waals surface area contributed by atoms with Crippen LogP contribution in [0.15, 0.2) is 47.1 Å². The van der Waals surface area contributed by atoms with Crippen LogP contribution >= 0.6 is 11.6 Å². The maximum absolute atomic E-state index is 11.0. The highest BCUT2D eigenvalue weighted by molar-refractivity contribution is 6.35. The predicted molar refractivity (Wildman–Crippen MR) is 107 cm³/mol. The van der Waals surface area contributed by atoms with Crippen molar-refractivity contribution in [3.8, 4) is 29.2 Å². The van der Waals surface area contributed by atoms with E-state index in [1.807, 2.05) is 13.8 Å². The Morgan fingerprint density at radius 1 is 1.28 bits per heavy atom. The molecule has 0 aliphatic carbocycles. The van der Waals surface area contributed by atoms with Crippen molar-refractivity contribution in [2.24, 2.45) is 0 Å². The number of aromatic nitrogens is 3. The van der Waals surface area contributed by atoms with Crippen LogP contribution in [0.2, 0.25) is 5.02 Å². The summed E-state index contributed by atoms with van der Waals surface area (Å²) < 4.78 is 12.7. The van der Waals surface area contributed by atoms with Crippen molar-refractivity contribution in [2.75, 3.05) is 0 Å². The molecular formula is C21H15ClN4O3. The van der Waals surface area contributed by atoms with E-state index in [9.17, 15) is 10.1 Å². The molecule has 29 heavy (non-hydrogen) atoms. The molecule has 0 unspecified atom stereocenters. The van der Waals surface area contributed by atoms with Crippen LogP contribution in [0.4, 0.5) is 0 Å². The van der Waals surface area contributed by atoms with E-state index in [4.69, 9.17) is 20.9 Å². The maximum Gasteiger partial charge on any atom is 0.275 e. The average molecular weight is 407 g/mol. The molecule has 0 aliphatic heterocycles. The van der Waals surface area contributed by atoms with E-state index < -0.39 is 0 Å². The lowest BCUT2D eigenvalue weighted by atomic mass is 10.1. The topological polar surface area (TPSA) is 93.9 Å². The number of benzene rings is 2. The first kappa shape index (κ1) is 18.7. The number of ether oxygens (including phenoxy) is 1. The Morgan fingerprint density at radius 3 is 2.83 bits per heavy atom. The monoisotopic (exact) mass is 406 g/mol. The number of carbonyl (C=O) groups is 1. The van der Waals surface area contributed by atoms with Crippen LogP contribution in [0.1, 0.15) is 29.8 Å². The second-order valence-electron chi connectivity index (χ2n) is 6.63. The summed E-state index contributed by atoms with van der Waals surface area (Å²) in [6.07, 6.45) is 2.38. The molecule has 0 saturated carbocycles. The SMILES string of the molecule is CC(C)Oc1ccc(-c2nc(-n3cc(Cl)c4cc(C=O)ccc43)no2)cc1C#N. The molecule has 7 nitrogen and oxygen atoms in total. The van der Waals surface area contributed by atoms with Crippen LogP contribution in [0.3, 0.4) is 0 Å². The van der Waals surface area contributed by atoms with Gasteiger partial charge in [-0.2, -0.15) is 10.2 Å². The van der Waals surface area contributed by atoms with Crippen molar-refractivity contribution in [1.82, 2.24) is 14.7 Å². The van der Waals surface area contributed by atoms with Crippen LogP contribution in [-0.4, -0.2) is 27.1 Å². The number of hydrogen-bond donors (Lipinski definition) is 0. The fourth-order valence-corrected chi connectivity index (χ4v) is 3.23. The summed E-state index contributed by atoms with van der Waals surface area (Å²) in [4.78, 5) is 15.4. The van der Waals surface area contributed by atoms with Crippen molar-refractivity contribution >= 4 is 28.8 Å². The molecule has 0 N–H and O–H groups in total. The van der Waals surface area contributed by atoms with Gasteiger partial charge in [-0.25, -0.2) is 0 Å². The Kier molecular flexibility index (Phi) is 4.79. The van der Waals surface area contributed by atoms with Gasteiger partial charge in [-0.1, -0.05) is 11.6 Å². The third kappa shape index (κ3) is 3.46. The molecule has 0 atom stereocenters. The molecule has 2 aromatic heterocycles. The summed E-state index contributed by atoms with van der Waals surface area (Å²) in [6.45, 7) is 3.79. The van der Waals surface area contributed by atoms with Crippen LogP contribution in [0.25, 0.3) is 28.3 Å². The molecule has 4 rings (SSSR count). The van der Waals surface area contributed by atoms with Crippen LogP contribution in [-0.2, 0) is 0 Å². The van der Waals surface area contributed by atoms with Crippen LogP contribution in [0, 0.1) is 11.3 Å². The number of rotatable bonds is 5. The van der Waals surface area contributed by atoms with E-state index >= 15 is 0 Å². The highest BCUT2D eigenvalue weighted by Gasteiger charge is 2.16. The minimum absolute atomic E-state index is 0.0468. The predicted octanol–water partition coefficient (Wildman–Crippen LogP) is 4.81. The third-order valence-electron chi connectivity index (χ3n) is 4.26. The third-order valence-corrected chi connectivity index (χ3v) is 4.56. The van der Waals surface area contributed by atoms with Crippen molar-refractivity contribution in [1.29, 1.82) is 5.26 Å². The second kappa shape index (κ2) is 7.41. The van der Waals surface area contributed by atoms with E-state index in [0.29, 0.717) is 32.8 Å². The van der Waals surface area contributed by atoms with Gasteiger partial charge in [0.2, 0.25) is 0 Å². The number of halogens is 1. The van der Waals surface area contributed by atoms with Gasteiger partial charge in [0.1, 0.15) is 18.1 Å². The first-order chi connectivity index (χ1) is 14.0. The van der Waals surface area contributed by atoms with E-state index in [-0.39, 0.29) is 17.9 Å². The Labute approximate surface area is 171 Å².